The minimum atomic E-state index is -0.570. The third-order valence-corrected chi connectivity index (χ3v) is 2.52. The van der Waals surface area contributed by atoms with Gasteiger partial charge < -0.3 is 11.1 Å². The zero-order chi connectivity index (χ0) is 14.7. The number of primary amides is 1. The summed E-state index contributed by atoms with van der Waals surface area (Å²) in [6.07, 6.45) is 1.14. The van der Waals surface area contributed by atoms with Gasteiger partial charge in [0.15, 0.2) is 0 Å². The molecule has 0 atom stereocenters. The van der Waals surface area contributed by atoms with Gasteiger partial charge in [0.2, 0.25) is 11.7 Å². The number of hydrogen-bond acceptors (Lipinski definition) is 6. The van der Waals surface area contributed by atoms with E-state index in [4.69, 9.17) is 5.73 Å². The molecule has 1 heterocycles. The molecule has 1 amide bonds. The Morgan fingerprint density at radius 3 is 2.55 bits per heavy atom. The van der Waals surface area contributed by atoms with E-state index in [2.05, 4.69) is 15.3 Å². The Bertz CT molecular complexity index is 669. The number of aromatic nitrogens is 2. The first-order valence-corrected chi connectivity index (χ1v) is 5.62. The van der Waals surface area contributed by atoms with Crippen LogP contribution in [0.2, 0.25) is 0 Å². The number of aryl methyl sites for hydroxylation is 1. The first-order chi connectivity index (χ1) is 9.47. The van der Waals surface area contributed by atoms with Crippen molar-refractivity contribution in [2.75, 3.05) is 5.32 Å². The summed E-state index contributed by atoms with van der Waals surface area (Å²) in [6.45, 7) is 1.63. The van der Waals surface area contributed by atoms with Crippen molar-refractivity contribution in [2.24, 2.45) is 5.73 Å². The molecule has 0 bridgehead atoms. The summed E-state index contributed by atoms with van der Waals surface area (Å²) in [5, 5.41) is 13.7. The zero-order valence-corrected chi connectivity index (χ0v) is 10.5. The van der Waals surface area contributed by atoms with Crippen LogP contribution >= 0.6 is 0 Å². The number of amides is 1. The van der Waals surface area contributed by atoms with E-state index in [9.17, 15) is 14.9 Å². The van der Waals surface area contributed by atoms with E-state index >= 15 is 0 Å². The van der Waals surface area contributed by atoms with Gasteiger partial charge in [-0.2, -0.15) is 0 Å². The molecule has 0 unspecified atom stereocenters. The molecule has 102 valence electrons. The largest absolute Gasteiger partial charge is 0.366 e. The van der Waals surface area contributed by atoms with Crippen LogP contribution in [0.5, 0.6) is 0 Å². The van der Waals surface area contributed by atoms with Crippen molar-refractivity contribution in [1.29, 1.82) is 0 Å². The van der Waals surface area contributed by atoms with Gasteiger partial charge in [0.1, 0.15) is 12.0 Å². The van der Waals surface area contributed by atoms with Gasteiger partial charge in [-0.3, -0.25) is 14.9 Å². The van der Waals surface area contributed by atoms with Gasteiger partial charge in [0.05, 0.1) is 4.92 Å². The van der Waals surface area contributed by atoms with Crippen molar-refractivity contribution in [3.05, 3.63) is 52.0 Å². The Morgan fingerprint density at radius 2 is 2.00 bits per heavy atom. The number of carbonyl (C=O) groups excluding carboxylic acids is 1. The van der Waals surface area contributed by atoms with E-state index in [1.165, 1.54) is 12.1 Å². The van der Waals surface area contributed by atoms with Crippen molar-refractivity contribution in [3.63, 3.8) is 0 Å². The fourth-order valence-corrected chi connectivity index (χ4v) is 1.54. The van der Waals surface area contributed by atoms with E-state index in [0.717, 1.165) is 6.20 Å². The van der Waals surface area contributed by atoms with Gasteiger partial charge in [-0.15, -0.1) is 0 Å². The molecule has 8 heteroatoms. The standard InChI is InChI=1S/C12H11N5O3/c1-7-14-6-10(17(19)20)12(15-7)16-9-4-2-8(3-5-9)11(13)18/h2-6H,1H3,(H2,13,18)(H,14,15,16). The van der Waals surface area contributed by atoms with Crippen molar-refractivity contribution < 1.29 is 9.72 Å². The number of rotatable bonds is 4. The van der Waals surface area contributed by atoms with Crippen LogP contribution in [0.4, 0.5) is 17.2 Å². The normalized spacial score (nSPS) is 10.1. The Kier molecular flexibility index (Phi) is 3.56. The summed E-state index contributed by atoms with van der Waals surface area (Å²) in [7, 11) is 0. The van der Waals surface area contributed by atoms with Gasteiger partial charge in [-0.1, -0.05) is 0 Å². The van der Waals surface area contributed by atoms with Crippen molar-refractivity contribution in [1.82, 2.24) is 9.97 Å². The highest BCUT2D eigenvalue weighted by Gasteiger charge is 2.16. The van der Waals surface area contributed by atoms with Gasteiger partial charge >= 0.3 is 5.69 Å². The first kappa shape index (κ1) is 13.4. The number of benzene rings is 1. The molecule has 2 aromatic rings. The van der Waals surface area contributed by atoms with Crippen LogP contribution in [0.3, 0.4) is 0 Å². The molecule has 0 spiro atoms. The maximum atomic E-state index is 11.0. The van der Waals surface area contributed by atoms with E-state index < -0.39 is 10.8 Å². The summed E-state index contributed by atoms with van der Waals surface area (Å²) in [5.41, 5.74) is 5.81. The lowest BCUT2D eigenvalue weighted by Gasteiger charge is -2.06. The number of hydrogen-bond donors (Lipinski definition) is 2. The number of carbonyl (C=O) groups is 1. The SMILES string of the molecule is Cc1ncc([N+](=O)[O-])c(Nc2ccc(C(N)=O)cc2)n1. The molecule has 0 fully saturated rings. The molecular weight excluding hydrogens is 262 g/mol. The predicted octanol–water partition coefficient (Wildman–Crippen LogP) is 1.54. The summed E-state index contributed by atoms with van der Waals surface area (Å²) in [4.78, 5) is 29.0. The fraction of sp³-hybridized carbons (Fsp3) is 0.0833. The Morgan fingerprint density at radius 1 is 1.35 bits per heavy atom. The van der Waals surface area contributed by atoms with Crippen molar-refractivity contribution >= 4 is 23.1 Å². The Labute approximate surface area is 113 Å². The van der Waals surface area contributed by atoms with Gasteiger partial charge in [0, 0.05) is 11.3 Å². The topological polar surface area (TPSA) is 124 Å². The highest BCUT2D eigenvalue weighted by molar-refractivity contribution is 5.93. The molecule has 8 nitrogen and oxygen atoms in total. The lowest BCUT2D eigenvalue weighted by atomic mass is 10.2. The minimum absolute atomic E-state index is 0.0920. The number of nitrogens with one attached hydrogen (secondary N) is 1. The minimum Gasteiger partial charge on any atom is -0.366 e. The quantitative estimate of drug-likeness (QED) is 0.643. The fourth-order valence-electron chi connectivity index (χ4n) is 1.54. The highest BCUT2D eigenvalue weighted by atomic mass is 16.6. The first-order valence-electron chi connectivity index (χ1n) is 5.62. The summed E-state index contributed by atoms with van der Waals surface area (Å²) >= 11 is 0. The van der Waals surface area contributed by atoms with E-state index in [1.807, 2.05) is 0 Å². The number of anilines is 2. The van der Waals surface area contributed by atoms with Crippen molar-refractivity contribution in [3.8, 4) is 0 Å². The molecule has 0 saturated carbocycles. The van der Waals surface area contributed by atoms with Crippen LogP contribution in [-0.4, -0.2) is 20.8 Å². The molecule has 1 aromatic carbocycles. The van der Waals surface area contributed by atoms with Crippen LogP contribution in [-0.2, 0) is 0 Å². The van der Waals surface area contributed by atoms with Gasteiger partial charge in [-0.25, -0.2) is 9.97 Å². The lowest BCUT2D eigenvalue weighted by molar-refractivity contribution is -0.384. The van der Waals surface area contributed by atoms with Gasteiger partial charge in [-0.05, 0) is 31.2 Å². The maximum absolute atomic E-state index is 11.0. The molecule has 0 aliphatic heterocycles. The lowest BCUT2D eigenvalue weighted by Crippen LogP contribution is -2.10. The van der Waals surface area contributed by atoms with Crippen LogP contribution in [0.1, 0.15) is 16.2 Å². The second kappa shape index (κ2) is 5.31. The summed E-state index contributed by atoms with van der Waals surface area (Å²) < 4.78 is 0. The Balaban J connectivity index is 2.31. The molecule has 1 aromatic heterocycles. The number of nitro groups is 1. The monoisotopic (exact) mass is 273 g/mol. The van der Waals surface area contributed by atoms with Crippen LogP contribution in [0.25, 0.3) is 0 Å². The smallest absolute Gasteiger partial charge is 0.329 e. The second-order valence-electron chi connectivity index (χ2n) is 3.97. The predicted molar refractivity (Wildman–Crippen MR) is 71.7 cm³/mol. The third kappa shape index (κ3) is 2.86. The van der Waals surface area contributed by atoms with E-state index in [0.29, 0.717) is 17.1 Å². The Hall–Kier alpha value is -3.03. The van der Waals surface area contributed by atoms with E-state index in [1.54, 1.807) is 19.1 Å². The molecule has 3 N–H and O–H groups in total. The number of nitrogens with two attached hydrogens (primary N) is 1. The molecule has 0 aliphatic rings. The zero-order valence-electron chi connectivity index (χ0n) is 10.5. The summed E-state index contributed by atoms with van der Waals surface area (Å²) in [5.74, 6) is -0.0402. The second-order valence-corrected chi connectivity index (χ2v) is 3.97. The number of nitrogens with zero attached hydrogens (tertiary/aromatic N) is 3. The molecule has 0 saturated heterocycles. The van der Waals surface area contributed by atoms with Crippen LogP contribution in [0.15, 0.2) is 30.5 Å². The summed E-state index contributed by atoms with van der Waals surface area (Å²) in [6, 6.07) is 6.21. The van der Waals surface area contributed by atoms with Crippen LogP contribution < -0.4 is 11.1 Å². The molecule has 20 heavy (non-hydrogen) atoms. The van der Waals surface area contributed by atoms with E-state index in [-0.39, 0.29) is 11.5 Å². The maximum Gasteiger partial charge on any atom is 0.329 e. The van der Waals surface area contributed by atoms with Crippen LogP contribution in [0, 0.1) is 17.0 Å². The molecule has 0 aliphatic carbocycles. The molecule has 0 radical (unpaired) electrons. The highest BCUT2D eigenvalue weighted by Crippen LogP contribution is 2.24. The molecular formula is C12H11N5O3. The average Bonchev–Trinajstić information content (AvgIpc) is 2.39. The van der Waals surface area contributed by atoms with Crippen molar-refractivity contribution in [2.45, 2.75) is 6.92 Å². The van der Waals surface area contributed by atoms with Gasteiger partial charge in [0.25, 0.3) is 0 Å². The average molecular weight is 273 g/mol. The third-order valence-electron chi connectivity index (χ3n) is 2.52. The molecule has 2 rings (SSSR count).